The van der Waals surface area contributed by atoms with Crippen molar-refractivity contribution in [2.45, 2.75) is 19.8 Å². The van der Waals surface area contributed by atoms with Crippen LogP contribution in [0.4, 0.5) is 5.00 Å². The van der Waals surface area contributed by atoms with Crippen LogP contribution in [0.3, 0.4) is 0 Å². The van der Waals surface area contributed by atoms with Gasteiger partial charge in [-0.25, -0.2) is 4.79 Å². The first-order chi connectivity index (χ1) is 13.5. The summed E-state index contributed by atoms with van der Waals surface area (Å²) in [6.07, 6.45) is 4.28. The lowest BCUT2D eigenvalue weighted by Crippen LogP contribution is -2.34. The first-order valence-electron chi connectivity index (χ1n) is 9.05. The van der Waals surface area contributed by atoms with Gasteiger partial charge >= 0.3 is 11.9 Å². The van der Waals surface area contributed by atoms with Crippen LogP contribution in [0.2, 0.25) is 0 Å². The molecule has 2 aromatic rings. The second-order valence-corrected chi connectivity index (χ2v) is 7.30. The van der Waals surface area contributed by atoms with E-state index in [2.05, 4.69) is 5.32 Å². The number of ether oxygens (including phenoxy) is 1. The van der Waals surface area contributed by atoms with Gasteiger partial charge in [0.2, 0.25) is 5.91 Å². The molecule has 146 valence electrons. The molecule has 7 heteroatoms. The molecule has 0 spiro atoms. The third kappa shape index (κ3) is 4.14. The van der Waals surface area contributed by atoms with Crippen molar-refractivity contribution in [2.24, 2.45) is 11.8 Å². The predicted molar refractivity (Wildman–Crippen MR) is 107 cm³/mol. The zero-order valence-corrected chi connectivity index (χ0v) is 16.2. The van der Waals surface area contributed by atoms with Crippen LogP contribution in [-0.4, -0.2) is 29.6 Å². The number of amides is 1. The fraction of sp³-hybridized carbons (Fsp3) is 0.286. The molecule has 0 aliphatic heterocycles. The number of carboxylic acid groups (broad SMARTS) is 1. The summed E-state index contributed by atoms with van der Waals surface area (Å²) in [6, 6.07) is 9.37. The number of carboxylic acids is 1. The van der Waals surface area contributed by atoms with Crippen LogP contribution in [0.5, 0.6) is 0 Å². The highest BCUT2D eigenvalue weighted by Crippen LogP contribution is 2.37. The number of carbonyl (C=O) groups excluding carboxylic acids is 2. The molecule has 2 atom stereocenters. The number of anilines is 1. The fourth-order valence-corrected chi connectivity index (χ4v) is 4.23. The molecule has 28 heavy (non-hydrogen) atoms. The van der Waals surface area contributed by atoms with Gasteiger partial charge in [-0.3, -0.25) is 9.59 Å². The van der Waals surface area contributed by atoms with Crippen LogP contribution in [0.15, 0.2) is 47.9 Å². The van der Waals surface area contributed by atoms with E-state index in [1.54, 1.807) is 18.4 Å². The fourth-order valence-electron chi connectivity index (χ4n) is 3.27. The number of hydrogen-bond acceptors (Lipinski definition) is 5. The number of esters is 1. The van der Waals surface area contributed by atoms with Gasteiger partial charge in [0.15, 0.2) is 0 Å². The maximum absolute atomic E-state index is 12.8. The zero-order chi connectivity index (χ0) is 20.1. The van der Waals surface area contributed by atoms with E-state index in [1.807, 2.05) is 36.4 Å². The molecular formula is C21H21NO5S. The Morgan fingerprint density at radius 2 is 1.82 bits per heavy atom. The van der Waals surface area contributed by atoms with E-state index < -0.39 is 29.7 Å². The van der Waals surface area contributed by atoms with Crippen molar-refractivity contribution in [1.82, 2.24) is 0 Å². The van der Waals surface area contributed by atoms with E-state index in [9.17, 15) is 19.5 Å². The SMILES string of the molecule is CCOC(=O)c1c(-c2ccccc2)csc1NC(=O)[C@@H]1CC=CC[C@H]1C(=O)O. The average molecular weight is 399 g/mol. The molecule has 1 aliphatic carbocycles. The standard InChI is InChI=1S/C21H21NO5S/c1-2-27-21(26)17-16(13-8-4-3-5-9-13)12-28-19(17)22-18(23)14-10-6-7-11-15(14)20(24)25/h3-9,12,14-15H,2,10-11H2,1H3,(H,22,23)(H,24,25)/t14-,15-/m1/s1. The van der Waals surface area contributed by atoms with E-state index >= 15 is 0 Å². The van der Waals surface area contributed by atoms with Crippen molar-refractivity contribution in [3.8, 4) is 11.1 Å². The van der Waals surface area contributed by atoms with Crippen molar-refractivity contribution < 1.29 is 24.2 Å². The summed E-state index contributed by atoms with van der Waals surface area (Å²) >= 11 is 1.23. The summed E-state index contributed by atoms with van der Waals surface area (Å²) in [7, 11) is 0. The Kier molecular flexibility index (Phi) is 6.26. The first-order valence-corrected chi connectivity index (χ1v) is 9.93. The third-order valence-corrected chi connectivity index (χ3v) is 5.57. The molecule has 0 radical (unpaired) electrons. The number of nitrogens with one attached hydrogen (secondary N) is 1. The summed E-state index contributed by atoms with van der Waals surface area (Å²) < 4.78 is 5.19. The molecule has 1 aliphatic rings. The van der Waals surface area contributed by atoms with Crippen molar-refractivity contribution >= 4 is 34.2 Å². The minimum absolute atomic E-state index is 0.213. The summed E-state index contributed by atoms with van der Waals surface area (Å²) in [5.74, 6) is -3.37. The molecule has 0 fully saturated rings. The molecule has 1 heterocycles. The van der Waals surface area contributed by atoms with Gasteiger partial charge in [-0.05, 0) is 25.3 Å². The lowest BCUT2D eigenvalue weighted by molar-refractivity contribution is -0.146. The Morgan fingerprint density at radius 3 is 2.46 bits per heavy atom. The maximum Gasteiger partial charge on any atom is 0.341 e. The molecule has 1 amide bonds. The minimum atomic E-state index is -0.994. The molecule has 0 unspecified atom stereocenters. The van der Waals surface area contributed by atoms with Crippen LogP contribution in [0.25, 0.3) is 11.1 Å². The number of hydrogen-bond donors (Lipinski definition) is 2. The summed E-state index contributed by atoms with van der Waals surface area (Å²) in [6.45, 7) is 1.93. The number of aliphatic carboxylic acids is 1. The number of rotatable bonds is 6. The number of benzene rings is 1. The third-order valence-electron chi connectivity index (χ3n) is 4.68. The van der Waals surface area contributed by atoms with Gasteiger partial charge in [-0.2, -0.15) is 0 Å². The van der Waals surface area contributed by atoms with Crippen LogP contribution < -0.4 is 5.32 Å². The highest BCUT2D eigenvalue weighted by Gasteiger charge is 2.35. The van der Waals surface area contributed by atoms with Gasteiger partial charge in [0.05, 0.1) is 18.4 Å². The molecule has 0 saturated heterocycles. The Morgan fingerprint density at radius 1 is 1.14 bits per heavy atom. The Bertz CT molecular complexity index is 903. The van der Waals surface area contributed by atoms with Gasteiger partial charge in [0, 0.05) is 10.9 Å². The highest BCUT2D eigenvalue weighted by molar-refractivity contribution is 7.15. The van der Waals surface area contributed by atoms with Gasteiger partial charge in [0.1, 0.15) is 10.6 Å². The molecule has 2 N–H and O–H groups in total. The van der Waals surface area contributed by atoms with Crippen LogP contribution >= 0.6 is 11.3 Å². The second-order valence-electron chi connectivity index (χ2n) is 6.42. The molecule has 6 nitrogen and oxygen atoms in total. The largest absolute Gasteiger partial charge is 0.481 e. The number of carbonyl (C=O) groups is 3. The topological polar surface area (TPSA) is 92.7 Å². The molecule has 3 rings (SSSR count). The number of thiophene rings is 1. The van der Waals surface area contributed by atoms with Crippen LogP contribution in [0.1, 0.15) is 30.1 Å². The van der Waals surface area contributed by atoms with Crippen LogP contribution in [0, 0.1) is 11.8 Å². The lowest BCUT2D eigenvalue weighted by Gasteiger charge is -2.24. The molecule has 0 saturated carbocycles. The first kappa shape index (κ1) is 19.8. The summed E-state index contributed by atoms with van der Waals surface area (Å²) in [5.41, 5.74) is 1.81. The van der Waals surface area contributed by atoms with Gasteiger partial charge in [-0.1, -0.05) is 42.5 Å². The maximum atomic E-state index is 12.8. The van der Waals surface area contributed by atoms with Crippen LogP contribution in [-0.2, 0) is 14.3 Å². The summed E-state index contributed by atoms with van der Waals surface area (Å²) in [5, 5.41) is 14.4. The Hall–Kier alpha value is -2.93. The van der Waals surface area contributed by atoms with Gasteiger partial charge < -0.3 is 15.2 Å². The second kappa shape index (κ2) is 8.84. The minimum Gasteiger partial charge on any atom is -0.481 e. The van der Waals surface area contributed by atoms with Crippen molar-refractivity contribution in [3.05, 3.63) is 53.4 Å². The lowest BCUT2D eigenvalue weighted by atomic mass is 9.82. The normalized spacial score (nSPS) is 18.5. The summed E-state index contributed by atoms with van der Waals surface area (Å²) in [4.78, 5) is 36.9. The quantitative estimate of drug-likeness (QED) is 0.561. The average Bonchev–Trinajstić information content (AvgIpc) is 3.12. The van der Waals surface area contributed by atoms with Crippen molar-refractivity contribution in [2.75, 3.05) is 11.9 Å². The smallest absolute Gasteiger partial charge is 0.341 e. The zero-order valence-electron chi connectivity index (χ0n) is 15.4. The van der Waals surface area contributed by atoms with Gasteiger partial charge in [-0.15, -0.1) is 11.3 Å². The van der Waals surface area contributed by atoms with E-state index in [1.165, 1.54) is 11.3 Å². The molecule has 0 bridgehead atoms. The van der Waals surface area contributed by atoms with Crippen molar-refractivity contribution in [3.63, 3.8) is 0 Å². The Labute approximate surface area is 166 Å². The predicted octanol–water partition coefficient (Wildman–Crippen LogP) is 4.20. The van der Waals surface area contributed by atoms with Gasteiger partial charge in [0.25, 0.3) is 0 Å². The molecular weight excluding hydrogens is 378 g/mol. The van der Waals surface area contributed by atoms with Crippen molar-refractivity contribution in [1.29, 1.82) is 0 Å². The molecule has 1 aromatic carbocycles. The highest BCUT2D eigenvalue weighted by atomic mass is 32.1. The molecule has 1 aromatic heterocycles. The van der Waals surface area contributed by atoms with E-state index in [-0.39, 0.29) is 6.61 Å². The monoisotopic (exact) mass is 399 g/mol. The van der Waals surface area contributed by atoms with E-state index in [0.717, 1.165) is 5.56 Å². The Balaban J connectivity index is 1.92. The van der Waals surface area contributed by atoms with E-state index in [4.69, 9.17) is 4.74 Å². The number of allylic oxidation sites excluding steroid dienone is 2. The van der Waals surface area contributed by atoms with E-state index in [0.29, 0.717) is 29.0 Å².